The van der Waals surface area contributed by atoms with E-state index in [0.29, 0.717) is 18.7 Å². The van der Waals surface area contributed by atoms with Gasteiger partial charge in [-0.2, -0.15) is 0 Å². The summed E-state index contributed by atoms with van der Waals surface area (Å²) in [6, 6.07) is 4.87. The SMILES string of the molecule is COCCNc1cccc(F)c1CN. The van der Waals surface area contributed by atoms with Gasteiger partial charge in [0.1, 0.15) is 5.82 Å². The van der Waals surface area contributed by atoms with Crippen LogP contribution in [0.2, 0.25) is 0 Å². The third kappa shape index (κ3) is 2.68. The molecule has 0 bridgehead atoms. The molecule has 1 aromatic rings. The first kappa shape index (κ1) is 10.9. The molecule has 0 radical (unpaired) electrons. The number of halogens is 1. The van der Waals surface area contributed by atoms with E-state index in [-0.39, 0.29) is 12.4 Å². The first-order valence-corrected chi connectivity index (χ1v) is 4.50. The van der Waals surface area contributed by atoms with E-state index < -0.39 is 0 Å². The summed E-state index contributed by atoms with van der Waals surface area (Å²) in [7, 11) is 1.62. The minimum atomic E-state index is -0.269. The lowest BCUT2D eigenvalue weighted by molar-refractivity contribution is 0.210. The van der Waals surface area contributed by atoms with Crippen molar-refractivity contribution in [3.8, 4) is 0 Å². The summed E-state index contributed by atoms with van der Waals surface area (Å²) in [4.78, 5) is 0. The monoisotopic (exact) mass is 198 g/mol. The highest BCUT2D eigenvalue weighted by atomic mass is 19.1. The van der Waals surface area contributed by atoms with Gasteiger partial charge in [0.2, 0.25) is 0 Å². The van der Waals surface area contributed by atoms with Crippen molar-refractivity contribution in [3.63, 3.8) is 0 Å². The van der Waals surface area contributed by atoms with Gasteiger partial charge in [-0.1, -0.05) is 6.07 Å². The van der Waals surface area contributed by atoms with Crippen LogP contribution < -0.4 is 11.1 Å². The van der Waals surface area contributed by atoms with Gasteiger partial charge < -0.3 is 15.8 Å². The summed E-state index contributed by atoms with van der Waals surface area (Å²) < 4.78 is 18.1. The Hall–Kier alpha value is -1.13. The summed E-state index contributed by atoms with van der Waals surface area (Å²) in [5, 5.41) is 3.06. The highest BCUT2D eigenvalue weighted by Crippen LogP contribution is 2.17. The van der Waals surface area contributed by atoms with E-state index in [1.807, 2.05) is 0 Å². The maximum Gasteiger partial charge on any atom is 0.129 e. The second-order valence-corrected chi connectivity index (χ2v) is 2.89. The van der Waals surface area contributed by atoms with Crippen molar-refractivity contribution in [2.24, 2.45) is 5.73 Å². The Kier molecular flexibility index (Phi) is 4.35. The molecule has 0 aromatic heterocycles. The van der Waals surface area contributed by atoms with Crippen molar-refractivity contribution in [2.75, 3.05) is 25.6 Å². The lowest BCUT2D eigenvalue weighted by atomic mass is 10.1. The summed E-state index contributed by atoms with van der Waals surface area (Å²) in [5.74, 6) is -0.269. The van der Waals surface area contributed by atoms with Crippen LogP contribution in [0.15, 0.2) is 18.2 Å². The van der Waals surface area contributed by atoms with Crippen LogP contribution in [0.1, 0.15) is 5.56 Å². The zero-order valence-electron chi connectivity index (χ0n) is 8.22. The molecule has 0 aliphatic rings. The molecule has 3 nitrogen and oxygen atoms in total. The zero-order valence-corrected chi connectivity index (χ0v) is 8.22. The summed E-state index contributed by atoms with van der Waals surface area (Å²) in [5.41, 5.74) is 6.70. The van der Waals surface area contributed by atoms with Gasteiger partial charge in [0.25, 0.3) is 0 Å². The average molecular weight is 198 g/mol. The van der Waals surface area contributed by atoms with Gasteiger partial charge in [-0.25, -0.2) is 4.39 Å². The molecule has 0 saturated carbocycles. The highest BCUT2D eigenvalue weighted by Gasteiger charge is 2.05. The topological polar surface area (TPSA) is 47.3 Å². The first-order valence-electron chi connectivity index (χ1n) is 4.50. The van der Waals surface area contributed by atoms with E-state index in [2.05, 4.69) is 5.32 Å². The molecule has 0 spiro atoms. The van der Waals surface area contributed by atoms with Crippen molar-refractivity contribution < 1.29 is 9.13 Å². The van der Waals surface area contributed by atoms with Crippen LogP contribution in [0, 0.1) is 5.82 Å². The summed E-state index contributed by atoms with van der Waals surface area (Å²) in [6.07, 6.45) is 0. The molecule has 0 aliphatic heterocycles. The molecule has 14 heavy (non-hydrogen) atoms. The van der Waals surface area contributed by atoms with Crippen LogP contribution in [0.5, 0.6) is 0 Å². The minimum Gasteiger partial charge on any atom is -0.383 e. The van der Waals surface area contributed by atoms with E-state index in [1.165, 1.54) is 6.07 Å². The van der Waals surface area contributed by atoms with Crippen LogP contribution in [0.25, 0.3) is 0 Å². The number of rotatable bonds is 5. The lowest BCUT2D eigenvalue weighted by Gasteiger charge is -2.10. The summed E-state index contributed by atoms with van der Waals surface area (Å²) in [6.45, 7) is 1.43. The molecular formula is C10H15FN2O. The fraction of sp³-hybridized carbons (Fsp3) is 0.400. The molecule has 0 unspecified atom stereocenters. The Morgan fingerprint density at radius 1 is 1.50 bits per heavy atom. The zero-order chi connectivity index (χ0) is 10.4. The fourth-order valence-corrected chi connectivity index (χ4v) is 1.22. The van der Waals surface area contributed by atoms with Gasteiger partial charge in [0.05, 0.1) is 6.61 Å². The Balaban J connectivity index is 2.70. The van der Waals surface area contributed by atoms with Gasteiger partial charge in [-0.15, -0.1) is 0 Å². The van der Waals surface area contributed by atoms with Gasteiger partial charge in [0, 0.05) is 31.5 Å². The number of benzene rings is 1. The number of hydrogen-bond acceptors (Lipinski definition) is 3. The molecule has 1 aromatic carbocycles. The molecule has 1 rings (SSSR count). The van der Waals surface area contributed by atoms with Crippen LogP contribution in [-0.2, 0) is 11.3 Å². The van der Waals surface area contributed by atoms with Crippen LogP contribution in [0.3, 0.4) is 0 Å². The largest absolute Gasteiger partial charge is 0.383 e. The van der Waals surface area contributed by atoms with Crippen LogP contribution >= 0.6 is 0 Å². The van der Waals surface area contributed by atoms with Crippen LogP contribution in [0.4, 0.5) is 10.1 Å². The number of nitrogens with two attached hydrogens (primary N) is 1. The first-order chi connectivity index (χ1) is 6.79. The van der Waals surface area contributed by atoms with Crippen molar-refractivity contribution in [3.05, 3.63) is 29.6 Å². The molecule has 4 heteroatoms. The molecule has 0 saturated heterocycles. The van der Waals surface area contributed by atoms with E-state index in [0.717, 1.165) is 5.69 Å². The van der Waals surface area contributed by atoms with E-state index in [4.69, 9.17) is 10.5 Å². The number of methoxy groups -OCH3 is 1. The fourth-order valence-electron chi connectivity index (χ4n) is 1.22. The van der Waals surface area contributed by atoms with Crippen molar-refractivity contribution >= 4 is 5.69 Å². The second kappa shape index (κ2) is 5.57. The third-order valence-corrected chi connectivity index (χ3v) is 1.94. The average Bonchev–Trinajstić information content (AvgIpc) is 2.18. The maximum atomic E-state index is 13.2. The molecular weight excluding hydrogens is 183 g/mol. The quantitative estimate of drug-likeness (QED) is 0.702. The van der Waals surface area contributed by atoms with Crippen molar-refractivity contribution in [1.29, 1.82) is 0 Å². The molecule has 0 atom stereocenters. The third-order valence-electron chi connectivity index (χ3n) is 1.94. The predicted octanol–water partition coefficient (Wildman–Crippen LogP) is 1.34. The molecule has 0 fully saturated rings. The van der Waals surface area contributed by atoms with Gasteiger partial charge in [-0.3, -0.25) is 0 Å². The number of nitrogens with one attached hydrogen (secondary N) is 1. The normalized spacial score (nSPS) is 10.2. The van der Waals surface area contributed by atoms with E-state index >= 15 is 0 Å². The van der Waals surface area contributed by atoms with Crippen molar-refractivity contribution in [2.45, 2.75) is 6.54 Å². The Morgan fingerprint density at radius 2 is 2.29 bits per heavy atom. The minimum absolute atomic E-state index is 0.196. The lowest BCUT2D eigenvalue weighted by Crippen LogP contribution is -2.11. The molecule has 3 N–H and O–H groups in total. The number of ether oxygens (including phenoxy) is 1. The van der Waals surface area contributed by atoms with Gasteiger partial charge >= 0.3 is 0 Å². The molecule has 0 heterocycles. The van der Waals surface area contributed by atoms with Crippen LogP contribution in [-0.4, -0.2) is 20.3 Å². The van der Waals surface area contributed by atoms with Crippen molar-refractivity contribution in [1.82, 2.24) is 0 Å². The second-order valence-electron chi connectivity index (χ2n) is 2.89. The predicted molar refractivity (Wildman–Crippen MR) is 54.7 cm³/mol. The smallest absolute Gasteiger partial charge is 0.129 e. The number of hydrogen-bond donors (Lipinski definition) is 2. The highest BCUT2D eigenvalue weighted by molar-refractivity contribution is 5.51. The molecule has 0 aliphatic carbocycles. The molecule has 0 amide bonds. The summed E-state index contributed by atoms with van der Waals surface area (Å²) >= 11 is 0. The standard InChI is InChI=1S/C10H15FN2O/c1-14-6-5-13-10-4-2-3-9(11)8(10)7-12/h2-4,13H,5-7,12H2,1H3. The van der Waals surface area contributed by atoms with E-state index in [9.17, 15) is 4.39 Å². The molecule has 78 valence electrons. The van der Waals surface area contributed by atoms with Gasteiger partial charge in [0.15, 0.2) is 0 Å². The van der Waals surface area contributed by atoms with E-state index in [1.54, 1.807) is 19.2 Å². The number of anilines is 1. The Morgan fingerprint density at radius 3 is 2.93 bits per heavy atom. The Bertz CT molecular complexity index is 291. The van der Waals surface area contributed by atoms with Gasteiger partial charge in [-0.05, 0) is 12.1 Å². The Labute approximate surface area is 83.1 Å². The maximum absolute atomic E-state index is 13.2.